The molecule has 0 amide bonds. The van der Waals surface area contributed by atoms with Gasteiger partial charge in [-0.25, -0.2) is 0 Å². The van der Waals surface area contributed by atoms with Crippen LogP contribution in [0.2, 0.25) is 6.04 Å². The Kier molecular flexibility index (Phi) is 7.31. The maximum Gasteiger partial charge on any atom is 0.501 e. The van der Waals surface area contributed by atoms with Gasteiger partial charge >= 0.3 is 8.80 Å². The van der Waals surface area contributed by atoms with Crippen molar-refractivity contribution in [2.24, 2.45) is 0 Å². The molecule has 0 N–H and O–H groups in total. The molecule has 19 heavy (non-hydrogen) atoms. The highest BCUT2D eigenvalue weighted by molar-refractivity contribution is 6.60. The fourth-order valence-corrected chi connectivity index (χ4v) is 4.65. The van der Waals surface area contributed by atoms with Gasteiger partial charge in [-0.05, 0) is 39.7 Å². The SMILES string of the molecule is CCO[Si](CCc1ccc(C)cc1)(OCC)OCC. The molecule has 0 saturated heterocycles. The standard InChI is InChI=1S/C15H26O3Si/c1-5-16-19(17-6-2,18-7-3)13-12-15-10-8-14(4)9-11-15/h8-11H,5-7,12-13H2,1-4H3. The third-order valence-corrected chi connectivity index (χ3v) is 5.98. The molecule has 0 aliphatic heterocycles. The molecule has 0 fully saturated rings. The quantitative estimate of drug-likeness (QED) is 0.648. The van der Waals surface area contributed by atoms with Crippen LogP contribution in [0.1, 0.15) is 31.9 Å². The number of hydrogen-bond donors (Lipinski definition) is 0. The lowest BCUT2D eigenvalue weighted by Crippen LogP contribution is -2.46. The molecule has 1 rings (SSSR count). The maximum absolute atomic E-state index is 5.85. The van der Waals surface area contributed by atoms with Gasteiger partial charge in [0.25, 0.3) is 0 Å². The first-order valence-electron chi connectivity index (χ1n) is 7.13. The monoisotopic (exact) mass is 282 g/mol. The average Bonchev–Trinajstić information content (AvgIpc) is 2.39. The Hall–Kier alpha value is -0.683. The molecule has 0 aliphatic carbocycles. The predicted molar refractivity (Wildman–Crippen MR) is 80.3 cm³/mol. The van der Waals surface area contributed by atoms with Crippen LogP contribution in [0.5, 0.6) is 0 Å². The zero-order chi connectivity index (χ0) is 14.1. The van der Waals surface area contributed by atoms with Crippen molar-refractivity contribution in [3.63, 3.8) is 0 Å². The third-order valence-electron chi connectivity index (χ3n) is 2.93. The van der Waals surface area contributed by atoms with E-state index in [1.807, 2.05) is 20.8 Å². The Balaban J connectivity index is 2.67. The molecule has 1 aromatic rings. The second-order valence-corrected chi connectivity index (χ2v) is 7.20. The van der Waals surface area contributed by atoms with Gasteiger partial charge in [0.15, 0.2) is 0 Å². The van der Waals surface area contributed by atoms with Gasteiger partial charge in [-0.15, -0.1) is 0 Å². The topological polar surface area (TPSA) is 27.7 Å². The van der Waals surface area contributed by atoms with Crippen molar-refractivity contribution < 1.29 is 13.3 Å². The van der Waals surface area contributed by atoms with E-state index in [2.05, 4.69) is 31.2 Å². The van der Waals surface area contributed by atoms with Crippen molar-refractivity contribution in [2.75, 3.05) is 19.8 Å². The van der Waals surface area contributed by atoms with E-state index < -0.39 is 8.80 Å². The fraction of sp³-hybridized carbons (Fsp3) is 0.600. The molecular weight excluding hydrogens is 256 g/mol. The summed E-state index contributed by atoms with van der Waals surface area (Å²) in [6.07, 6.45) is 0.937. The van der Waals surface area contributed by atoms with E-state index in [4.69, 9.17) is 13.3 Å². The van der Waals surface area contributed by atoms with Crippen LogP contribution in [-0.2, 0) is 19.7 Å². The summed E-state index contributed by atoms with van der Waals surface area (Å²) in [4.78, 5) is 0. The van der Waals surface area contributed by atoms with E-state index in [0.29, 0.717) is 19.8 Å². The first-order chi connectivity index (χ1) is 9.15. The minimum atomic E-state index is -2.49. The van der Waals surface area contributed by atoms with Crippen molar-refractivity contribution in [3.05, 3.63) is 35.4 Å². The molecule has 0 radical (unpaired) electrons. The molecule has 0 saturated carbocycles. The minimum absolute atomic E-state index is 0.639. The van der Waals surface area contributed by atoms with Crippen LogP contribution in [0.15, 0.2) is 24.3 Å². The summed E-state index contributed by atoms with van der Waals surface area (Å²) < 4.78 is 17.6. The van der Waals surface area contributed by atoms with Crippen LogP contribution in [0.25, 0.3) is 0 Å². The number of rotatable bonds is 9. The highest BCUT2D eigenvalue weighted by atomic mass is 28.4. The molecule has 0 unspecified atom stereocenters. The Bertz CT molecular complexity index is 334. The fourth-order valence-electron chi connectivity index (χ4n) is 2.05. The Morgan fingerprint density at radius 3 is 1.74 bits per heavy atom. The lowest BCUT2D eigenvalue weighted by atomic mass is 10.1. The van der Waals surface area contributed by atoms with Gasteiger partial charge in [0.05, 0.1) is 0 Å². The number of aryl methyl sites for hydroxylation is 2. The molecular formula is C15H26O3Si. The van der Waals surface area contributed by atoms with Crippen molar-refractivity contribution in [3.8, 4) is 0 Å². The molecule has 0 aliphatic rings. The van der Waals surface area contributed by atoms with Crippen LogP contribution in [0, 0.1) is 6.92 Å². The first-order valence-corrected chi connectivity index (χ1v) is 9.06. The van der Waals surface area contributed by atoms with Gasteiger partial charge in [0, 0.05) is 25.9 Å². The molecule has 0 atom stereocenters. The van der Waals surface area contributed by atoms with Crippen molar-refractivity contribution in [1.29, 1.82) is 0 Å². The lowest BCUT2D eigenvalue weighted by Gasteiger charge is -2.28. The number of hydrogen-bond acceptors (Lipinski definition) is 3. The van der Waals surface area contributed by atoms with E-state index in [1.54, 1.807) is 0 Å². The summed E-state index contributed by atoms with van der Waals surface area (Å²) in [6, 6.07) is 9.45. The van der Waals surface area contributed by atoms with E-state index >= 15 is 0 Å². The van der Waals surface area contributed by atoms with Gasteiger partial charge in [0.1, 0.15) is 0 Å². The predicted octanol–water partition coefficient (Wildman–Crippen LogP) is 3.59. The zero-order valence-corrected chi connectivity index (χ0v) is 13.6. The maximum atomic E-state index is 5.85. The van der Waals surface area contributed by atoms with E-state index in [1.165, 1.54) is 11.1 Å². The summed E-state index contributed by atoms with van der Waals surface area (Å²) in [5, 5.41) is 0. The molecule has 4 heteroatoms. The molecule has 1 aromatic carbocycles. The summed E-state index contributed by atoms with van der Waals surface area (Å²) in [7, 11) is -2.49. The van der Waals surface area contributed by atoms with Crippen LogP contribution >= 0.6 is 0 Å². The molecule has 108 valence electrons. The summed E-state index contributed by atoms with van der Waals surface area (Å²) in [5.41, 5.74) is 2.59. The van der Waals surface area contributed by atoms with Gasteiger partial charge in [-0.3, -0.25) is 0 Å². The molecule has 0 spiro atoms. The minimum Gasteiger partial charge on any atom is -0.374 e. The molecule has 0 aromatic heterocycles. The Morgan fingerprint density at radius 2 is 1.32 bits per heavy atom. The zero-order valence-electron chi connectivity index (χ0n) is 12.6. The number of benzene rings is 1. The van der Waals surface area contributed by atoms with Gasteiger partial charge in [-0.2, -0.15) is 0 Å². The highest BCUT2D eigenvalue weighted by Gasteiger charge is 2.39. The van der Waals surface area contributed by atoms with Crippen LogP contribution < -0.4 is 0 Å². The largest absolute Gasteiger partial charge is 0.501 e. The third kappa shape index (κ3) is 5.44. The van der Waals surface area contributed by atoms with Gasteiger partial charge in [0.2, 0.25) is 0 Å². The van der Waals surface area contributed by atoms with E-state index in [9.17, 15) is 0 Å². The van der Waals surface area contributed by atoms with Gasteiger partial charge in [-0.1, -0.05) is 29.8 Å². The summed E-state index contributed by atoms with van der Waals surface area (Å²) in [5.74, 6) is 0. The second-order valence-electron chi connectivity index (χ2n) is 4.47. The summed E-state index contributed by atoms with van der Waals surface area (Å²) in [6.45, 7) is 9.99. The Labute approximate surface area is 118 Å². The van der Waals surface area contributed by atoms with Crippen LogP contribution in [0.4, 0.5) is 0 Å². The van der Waals surface area contributed by atoms with E-state index in [0.717, 1.165) is 12.5 Å². The molecule has 3 nitrogen and oxygen atoms in total. The van der Waals surface area contributed by atoms with Crippen molar-refractivity contribution >= 4 is 8.80 Å². The summed E-state index contributed by atoms with van der Waals surface area (Å²) >= 11 is 0. The normalized spacial score (nSPS) is 11.8. The molecule has 0 heterocycles. The highest BCUT2D eigenvalue weighted by Crippen LogP contribution is 2.19. The van der Waals surface area contributed by atoms with E-state index in [-0.39, 0.29) is 0 Å². The lowest BCUT2D eigenvalue weighted by molar-refractivity contribution is 0.0714. The van der Waals surface area contributed by atoms with Crippen molar-refractivity contribution in [2.45, 2.75) is 40.2 Å². The van der Waals surface area contributed by atoms with Crippen molar-refractivity contribution in [1.82, 2.24) is 0 Å². The van der Waals surface area contributed by atoms with Crippen LogP contribution in [-0.4, -0.2) is 28.6 Å². The molecule has 0 bridgehead atoms. The average molecular weight is 282 g/mol. The first kappa shape index (κ1) is 16.4. The second kappa shape index (κ2) is 8.48. The Morgan fingerprint density at radius 1 is 0.842 bits per heavy atom. The van der Waals surface area contributed by atoms with Gasteiger partial charge < -0.3 is 13.3 Å². The van der Waals surface area contributed by atoms with Crippen LogP contribution in [0.3, 0.4) is 0 Å². The smallest absolute Gasteiger partial charge is 0.374 e.